The Balaban J connectivity index is 0.000000602. The molecule has 8 nitrogen and oxygen atoms in total. The molecule has 3 atom stereocenters. The second-order valence-electron chi connectivity index (χ2n) is 11.9. The molecule has 0 radical (unpaired) electrons. The number of hydrogen-bond donors (Lipinski definition) is 4. The molecule has 2 aliphatic carbocycles. The summed E-state index contributed by atoms with van der Waals surface area (Å²) >= 11 is 0. The lowest BCUT2D eigenvalue weighted by Crippen LogP contribution is -2.58. The molecule has 0 saturated heterocycles. The van der Waals surface area contributed by atoms with Gasteiger partial charge in [0.2, 0.25) is 0 Å². The van der Waals surface area contributed by atoms with Gasteiger partial charge in [-0.05, 0) is 75.0 Å². The lowest BCUT2D eigenvalue weighted by atomic mass is 9.49. The molecule has 0 spiro atoms. The van der Waals surface area contributed by atoms with Gasteiger partial charge in [-0.3, -0.25) is 9.59 Å². The number of carboxylic acids is 4. The number of aliphatic carboxylic acids is 4. The second-order valence-corrected chi connectivity index (χ2v) is 11.9. The van der Waals surface area contributed by atoms with Crippen LogP contribution in [0.15, 0.2) is 36.0 Å². The van der Waals surface area contributed by atoms with Crippen molar-refractivity contribution in [2.75, 3.05) is 0 Å². The van der Waals surface area contributed by atoms with Crippen LogP contribution in [0.4, 0.5) is 0 Å². The van der Waals surface area contributed by atoms with Crippen molar-refractivity contribution < 1.29 is 39.6 Å². The highest BCUT2D eigenvalue weighted by Crippen LogP contribution is 2.57. The van der Waals surface area contributed by atoms with Gasteiger partial charge in [0, 0.05) is 11.6 Å². The van der Waals surface area contributed by atoms with E-state index in [0.29, 0.717) is 12.8 Å². The van der Waals surface area contributed by atoms with E-state index in [1.54, 1.807) is 39.8 Å². The summed E-state index contributed by atoms with van der Waals surface area (Å²) in [6.07, 6.45) is 16.9. The van der Waals surface area contributed by atoms with Crippen molar-refractivity contribution in [3.8, 4) is 0 Å². The summed E-state index contributed by atoms with van der Waals surface area (Å²) in [5.74, 6) is -2.95. The molecule has 8 heteroatoms. The summed E-state index contributed by atoms with van der Waals surface area (Å²) in [6, 6.07) is 0. The largest absolute Gasteiger partial charge is 0.481 e. The molecule has 0 aromatic rings. The van der Waals surface area contributed by atoms with E-state index in [1.807, 2.05) is 6.92 Å². The molecule has 0 bridgehead atoms. The Bertz CT molecular complexity index is 891. The molecule has 4 N–H and O–H groups in total. The number of allylic oxidation sites excluding steroid dienone is 4. The zero-order valence-corrected chi connectivity index (χ0v) is 25.5. The summed E-state index contributed by atoms with van der Waals surface area (Å²) < 4.78 is 0. The Morgan fingerprint density at radius 2 is 1.32 bits per heavy atom. The maximum atomic E-state index is 11.8. The van der Waals surface area contributed by atoms with Gasteiger partial charge >= 0.3 is 23.9 Å². The highest BCUT2D eigenvalue weighted by Gasteiger charge is 2.64. The Morgan fingerprint density at radius 1 is 0.825 bits per heavy atom. The van der Waals surface area contributed by atoms with Crippen molar-refractivity contribution in [3.05, 3.63) is 36.0 Å². The second kappa shape index (κ2) is 17.7. The van der Waals surface area contributed by atoms with Crippen molar-refractivity contribution >= 4 is 23.9 Å². The normalized spacial score (nSPS) is 24.1. The SMILES string of the molecule is CC(C)C1(C(=O)O)CC=CCC1(C(=O)O)C(C)C.CC(C)CC1CC=CCC1.CCCCC(=CC(=O)O)C(=O)O. The van der Waals surface area contributed by atoms with E-state index in [0.717, 1.165) is 24.3 Å². The number of unbranched alkanes of at least 4 members (excludes halogenated alkanes) is 1. The van der Waals surface area contributed by atoms with Crippen LogP contribution in [-0.2, 0) is 19.2 Å². The van der Waals surface area contributed by atoms with Crippen molar-refractivity contribution in [3.63, 3.8) is 0 Å². The van der Waals surface area contributed by atoms with Crippen molar-refractivity contribution in [2.45, 2.75) is 106 Å². The van der Waals surface area contributed by atoms with E-state index >= 15 is 0 Å². The Labute approximate surface area is 240 Å². The number of rotatable bonds is 11. The third-order valence-corrected chi connectivity index (χ3v) is 8.13. The van der Waals surface area contributed by atoms with Crippen LogP contribution in [-0.4, -0.2) is 44.3 Å². The average Bonchev–Trinajstić information content (AvgIpc) is 2.86. The monoisotopic (exact) mass is 564 g/mol. The summed E-state index contributed by atoms with van der Waals surface area (Å²) in [6.45, 7) is 13.7. The third kappa shape index (κ3) is 10.3. The summed E-state index contributed by atoms with van der Waals surface area (Å²) in [5, 5.41) is 36.2. The fourth-order valence-electron chi connectivity index (χ4n) is 5.95. The zero-order valence-electron chi connectivity index (χ0n) is 25.5. The molecule has 0 fully saturated rings. The molecule has 2 rings (SSSR count). The highest BCUT2D eigenvalue weighted by atomic mass is 16.4. The predicted octanol–water partition coefficient (Wildman–Crippen LogP) is 7.45. The summed E-state index contributed by atoms with van der Waals surface area (Å²) in [5.41, 5.74) is -2.51. The molecule has 0 aromatic heterocycles. The Hall–Kier alpha value is -2.90. The van der Waals surface area contributed by atoms with Crippen LogP contribution in [0.3, 0.4) is 0 Å². The average molecular weight is 565 g/mol. The lowest BCUT2D eigenvalue weighted by Gasteiger charge is -2.51. The van der Waals surface area contributed by atoms with E-state index in [9.17, 15) is 29.4 Å². The molecule has 3 unspecified atom stereocenters. The van der Waals surface area contributed by atoms with Crippen molar-refractivity contribution in [1.29, 1.82) is 0 Å². The minimum Gasteiger partial charge on any atom is -0.481 e. The molecular weight excluding hydrogens is 512 g/mol. The lowest BCUT2D eigenvalue weighted by molar-refractivity contribution is -0.186. The zero-order chi connectivity index (χ0) is 31.1. The quantitative estimate of drug-likeness (QED) is 0.149. The highest BCUT2D eigenvalue weighted by molar-refractivity contribution is 5.94. The number of carbonyl (C=O) groups is 4. The molecule has 0 heterocycles. The van der Waals surface area contributed by atoms with E-state index in [4.69, 9.17) is 10.2 Å². The molecular formula is C32H52O8. The van der Waals surface area contributed by atoms with Gasteiger partial charge in [-0.15, -0.1) is 0 Å². The minimum atomic E-state index is -1.23. The maximum absolute atomic E-state index is 11.8. The molecule has 2 aliphatic rings. The fraction of sp³-hybridized carbons (Fsp3) is 0.688. The van der Waals surface area contributed by atoms with Gasteiger partial charge in [0.25, 0.3) is 0 Å². The van der Waals surface area contributed by atoms with Gasteiger partial charge in [-0.1, -0.05) is 79.2 Å². The molecule has 228 valence electrons. The smallest absolute Gasteiger partial charge is 0.331 e. The van der Waals surface area contributed by atoms with Crippen LogP contribution in [0, 0.1) is 34.5 Å². The number of carboxylic acid groups (broad SMARTS) is 4. The van der Waals surface area contributed by atoms with Gasteiger partial charge in [0.1, 0.15) is 0 Å². The van der Waals surface area contributed by atoms with E-state index in [1.165, 1.54) is 25.7 Å². The topological polar surface area (TPSA) is 149 Å². The molecule has 0 aromatic carbocycles. The first-order valence-corrected chi connectivity index (χ1v) is 14.5. The van der Waals surface area contributed by atoms with E-state index < -0.39 is 34.7 Å². The minimum absolute atomic E-state index is 0.0376. The first-order valence-electron chi connectivity index (χ1n) is 14.5. The Kier molecular flexibility index (Phi) is 16.4. The molecule has 0 amide bonds. The van der Waals surface area contributed by atoms with E-state index in [2.05, 4.69) is 26.0 Å². The predicted molar refractivity (Wildman–Crippen MR) is 157 cm³/mol. The molecule has 40 heavy (non-hydrogen) atoms. The van der Waals surface area contributed by atoms with Crippen LogP contribution >= 0.6 is 0 Å². The van der Waals surface area contributed by atoms with Gasteiger partial charge in [-0.2, -0.15) is 0 Å². The first-order chi connectivity index (χ1) is 18.6. The van der Waals surface area contributed by atoms with Gasteiger partial charge < -0.3 is 20.4 Å². The van der Waals surface area contributed by atoms with Gasteiger partial charge in [0.05, 0.1) is 10.8 Å². The van der Waals surface area contributed by atoms with Crippen LogP contribution in [0.1, 0.15) is 106 Å². The van der Waals surface area contributed by atoms with Gasteiger partial charge in [0.15, 0.2) is 0 Å². The molecule has 0 saturated carbocycles. The van der Waals surface area contributed by atoms with Crippen LogP contribution in [0.25, 0.3) is 0 Å². The summed E-state index contributed by atoms with van der Waals surface area (Å²) in [7, 11) is 0. The van der Waals surface area contributed by atoms with Crippen molar-refractivity contribution in [1.82, 2.24) is 0 Å². The standard InChI is InChI=1S/C14H22O4.C10H18.C8H12O4/c1-9(2)13(11(15)16)7-5-6-8-14(13,10(3)4)12(17)18;1-9(2)8-10-6-4-3-5-7-10;1-2-3-4-6(8(11)12)5-7(9)10/h5-6,9-10H,7-8H2,1-4H3,(H,15,16)(H,17,18);3-4,9-10H,5-8H2,1-2H3;5H,2-4H2,1H3,(H,9,10)(H,11,12). The third-order valence-electron chi connectivity index (χ3n) is 8.13. The fourth-order valence-corrected chi connectivity index (χ4v) is 5.95. The number of hydrogen-bond acceptors (Lipinski definition) is 4. The molecule has 0 aliphatic heterocycles. The maximum Gasteiger partial charge on any atom is 0.331 e. The summed E-state index contributed by atoms with van der Waals surface area (Å²) in [4.78, 5) is 44.2. The van der Waals surface area contributed by atoms with Crippen LogP contribution in [0.2, 0.25) is 0 Å². The van der Waals surface area contributed by atoms with Crippen LogP contribution in [0.5, 0.6) is 0 Å². The Morgan fingerprint density at radius 3 is 1.62 bits per heavy atom. The van der Waals surface area contributed by atoms with Gasteiger partial charge in [-0.25, -0.2) is 9.59 Å². The van der Waals surface area contributed by atoms with E-state index in [-0.39, 0.29) is 30.3 Å². The first kappa shape index (κ1) is 37.1. The van der Waals surface area contributed by atoms with Crippen LogP contribution < -0.4 is 0 Å². The van der Waals surface area contributed by atoms with Crippen molar-refractivity contribution in [2.24, 2.45) is 34.5 Å².